The highest BCUT2D eigenvalue weighted by molar-refractivity contribution is 7.90. The van der Waals surface area contributed by atoms with Crippen molar-refractivity contribution in [3.05, 3.63) is 24.0 Å². The number of halogens is 1. The number of amides is 1. The molecule has 0 spiro atoms. The maximum atomic E-state index is 13.3. The zero-order valence-electron chi connectivity index (χ0n) is 9.45. The van der Waals surface area contributed by atoms with E-state index in [9.17, 15) is 17.6 Å². The molecule has 0 saturated heterocycles. The maximum absolute atomic E-state index is 13.3. The summed E-state index contributed by atoms with van der Waals surface area (Å²) < 4.78 is 35.8. The summed E-state index contributed by atoms with van der Waals surface area (Å²) in [6.07, 6.45) is 1.01. The summed E-state index contributed by atoms with van der Waals surface area (Å²) in [6.45, 7) is 0.0164. The van der Waals surface area contributed by atoms with Crippen LogP contribution in [0.1, 0.15) is 0 Å². The van der Waals surface area contributed by atoms with Crippen LogP contribution < -0.4 is 10.6 Å². The molecule has 0 fully saturated rings. The van der Waals surface area contributed by atoms with E-state index in [0.29, 0.717) is 0 Å². The molecule has 1 rings (SSSR count). The Labute approximate surface area is 98.9 Å². The average Bonchev–Trinajstić information content (AvgIpc) is 2.20. The topological polar surface area (TPSA) is 75.3 Å². The highest BCUT2D eigenvalue weighted by Gasteiger charge is 2.12. The number of nitrogens with one attached hydrogen (secondary N) is 2. The maximum Gasteiger partial charge on any atom is 0.238 e. The highest BCUT2D eigenvalue weighted by atomic mass is 32.2. The summed E-state index contributed by atoms with van der Waals surface area (Å²) >= 11 is 0. The van der Waals surface area contributed by atoms with Gasteiger partial charge in [-0.25, -0.2) is 12.8 Å². The fourth-order valence-electron chi connectivity index (χ4n) is 1.19. The van der Waals surface area contributed by atoms with E-state index in [1.165, 1.54) is 0 Å². The molecule has 7 heteroatoms. The minimum absolute atomic E-state index is 0.0164. The second-order valence-corrected chi connectivity index (χ2v) is 5.51. The van der Waals surface area contributed by atoms with Crippen LogP contribution in [0.5, 0.6) is 0 Å². The summed E-state index contributed by atoms with van der Waals surface area (Å²) in [5, 5.41) is 4.88. The molecule has 0 heterocycles. The van der Waals surface area contributed by atoms with Crippen molar-refractivity contribution in [2.24, 2.45) is 0 Å². The SMILES string of the molecule is CNCC(=O)Nc1cc(S(C)(=O)=O)ccc1F. The quantitative estimate of drug-likeness (QED) is 0.768. The molecule has 17 heavy (non-hydrogen) atoms. The number of carbonyl (C=O) groups is 1. The van der Waals surface area contributed by atoms with Crippen molar-refractivity contribution >= 4 is 21.4 Å². The zero-order valence-corrected chi connectivity index (χ0v) is 10.3. The van der Waals surface area contributed by atoms with E-state index in [1.807, 2.05) is 0 Å². The first-order valence-electron chi connectivity index (χ1n) is 4.78. The summed E-state index contributed by atoms with van der Waals surface area (Å²) in [5.41, 5.74) is -0.145. The zero-order chi connectivity index (χ0) is 13.1. The van der Waals surface area contributed by atoms with E-state index in [0.717, 1.165) is 24.5 Å². The van der Waals surface area contributed by atoms with E-state index < -0.39 is 21.6 Å². The molecule has 0 saturated carbocycles. The molecule has 0 aliphatic carbocycles. The molecule has 0 aliphatic rings. The van der Waals surface area contributed by atoms with Gasteiger partial charge in [-0.05, 0) is 25.2 Å². The van der Waals surface area contributed by atoms with E-state index in [2.05, 4.69) is 10.6 Å². The van der Waals surface area contributed by atoms with Crippen LogP contribution in [-0.4, -0.2) is 34.2 Å². The normalized spacial score (nSPS) is 11.2. The van der Waals surface area contributed by atoms with Crippen LogP contribution >= 0.6 is 0 Å². The molecule has 1 aromatic rings. The molecule has 2 N–H and O–H groups in total. The predicted molar refractivity (Wildman–Crippen MR) is 62.1 cm³/mol. The van der Waals surface area contributed by atoms with Gasteiger partial charge in [-0.1, -0.05) is 0 Å². The Balaban J connectivity index is 3.03. The van der Waals surface area contributed by atoms with Crippen molar-refractivity contribution in [1.29, 1.82) is 0 Å². The number of sulfone groups is 1. The molecule has 94 valence electrons. The monoisotopic (exact) mass is 260 g/mol. The van der Waals surface area contributed by atoms with Gasteiger partial charge in [-0.3, -0.25) is 4.79 Å². The number of hydrogen-bond donors (Lipinski definition) is 2. The van der Waals surface area contributed by atoms with Crippen LogP contribution in [0, 0.1) is 5.82 Å². The highest BCUT2D eigenvalue weighted by Crippen LogP contribution is 2.19. The van der Waals surface area contributed by atoms with Gasteiger partial charge in [0.1, 0.15) is 5.82 Å². The van der Waals surface area contributed by atoms with Gasteiger partial charge >= 0.3 is 0 Å². The average molecular weight is 260 g/mol. The van der Waals surface area contributed by atoms with Crippen LogP contribution in [0.2, 0.25) is 0 Å². The fraction of sp³-hybridized carbons (Fsp3) is 0.300. The summed E-state index contributed by atoms with van der Waals surface area (Å²) in [7, 11) is -1.85. The molecule has 0 radical (unpaired) electrons. The summed E-state index contributed by atoms with van der Waals surface area (Å²) in [5.74, 6) is -1.13. The number of likely N-dealkylation sites (N-methyl/N-ethyl adjacent to an activating group) is 1. The van der Waals surface area contributed by atoms with Crippen molar-refractivity contribution in [3.63, 3.8) is 0 Å². The molecule has 0 aliphatic heterocycles. The Morgan fingerprint density at radius 2 is 2.06 bits per heavy atom. The molecule has 0 bridgehead atoms. The second-order valence-electron chi connectivity index (χ2n) is 3.49. The molecule has 0 atom stereocenters. The number of anilines is 1. The minimum atomic E-state index is -3.42. The van der Waals surface area contributed by atoms with Crippen molar-refractivity contribution in [1.82, 2.24) is 5.32 Å². The van der Waals surface area contributed by atoms with Crippen LogP contribution in [0.3, 0.4) is 0 Å². The lowest BCUT2D eigenvalue weighted by atomic mass is 10.3. The lowest BCUT2D eigenvalue weighted by Crippen LogP contribution is -2.25. The van der Waals surface area contributed by atoms with Crippen molar-refractivity contribution < 1.29 is 17.6 Å². The fourth-order valence-corrected chi connectivity index (χ4v) is 1.83. The summed E-state index contributed by atoms with van der Waals surface area (Å²) in [4.78, 5) is 11.2. The largest absolute Gasteiger partial charge is 0.322 e. The van der Waals surface area contributed by atoms with Crippen molar-refractivity contribution in [3.8, 4) is 0 Å². The first kappa shape index (κ1) is 13.6. The molecule has 0 unspecified atom stereocenters. The van der Waals surface area contributed by atoms with E-state index in [1.54, 1.807) is 7.05 Å². The number of hydrogen-bond acceptors (Lipinski definition) is 4. The Kier molecular flexibility index (Phi) is 4.19. The molecular weight excluding hydrogens is 247 g/mol. The van der Waals surface area contributed by atoms with Gasteiger partial charge in [0.15, 0.2) is 9.84 Å². The van der Waals surface area contributed by atoms with Gasteiger partial charge < -0.3 is 10.6 Å². The van der Waals surface area contributed by atoms with Crippen LogP contribution in [0.4, 0.5) is 10.1 Å². The number of carbonyl (C=O) groups excluding carboxylic acids is 1. The first-order valence-corrected chi connectivity index (χ1v) is 6.68. The van der Waals surface area contributed by atoms with Gasteiger partial charge in [0.25, 0.3) is 0 Å². The molecule has 1 aromatic carbocycles. The van der Waals surface area contributed by atoms with Gasteiger partial charge in [0.05, 0.1) is 17.1 Å². The third-order valence-corrected chi connectivity index (χ3v) is 3.09. The van der Waals surface area contributed by atoms with E-state index in [-0.39, 0.29) is 17.1 Å². The second kappa shape index (κ2) is 5.24. The Morgan fingerprint density at radius 3 is 2.59 bits per heavy atom. The molecule has 1 amide bonds. The van der Waals surface area contributed by atoms with Gasteiger partial charge in [-0.15, -0.1) is 0 Å². The van der Waals surface area contributed by atoms with Gasteiger partial charge in [0.2, 0.25) is 5.91 Å². The Morgan fingerprint density at radius 1 is 1.41 bits per heavy atom. The molecular formula is C10H13FN2O3S. The minimum Gasteiger partial charge on any atom is -0.322 e. The van der Waals surface area contributed by atoms with Gasteiger partial charge in [-0.2, -0.15) is 0 Å². The lowest BCUT2D eigenvalue weighted by Gasteiger charge is -2.07. The third kappa shape index (κ3) is 3.79. The summed E-state index contributed by atoms with van der Waals surface area (Å²) in [6, 6.07) is 3.25. The van der Waals surface area contributed by atoms with Crippen LogP contribution in [-0.2, 0) is 14.6 Å². The van der Waals surface area contributed by atoms with E-state index in [4.69, 9.17) is 0 Å². The van der Waals surface area contributed by atoms with Crippen molar-refractivity contribution in [2.45, 2.75) is 4.90 Å². The lowest BCUT2D eigenvalue weighted by molar-refractivity contribution is -0.115. The number of rotatable bonds is 4. The van der Waals surface area contributed by atoms with E-state index >= 15 is 0 Å². The van der Waals surface area contributed by atoms with Gasteiger partial charge in [0, 0.05) is 6.26 Å². The standard InChI is InChI=1S/C10H13FN2O3S/c1-12-6-10(14)13-9-5-7(17(2,15)16)3-4-8(9)11/h3-5,12H,6H2,1-2H3,(H,13,14). The smallest absolute Gasteiger partial charge is 0.238 e. The Hall–Kier alpha value is -1.47. The number of benzene rings is 1. The van der Waals surface area contributed by atoms with Crippen LogP contribution in [0.15, 0.2) is 23.1 Å². The molecule has 0 aromatic heterocycles. The van der Waals surface area contributed by atoms with Crippen LogP contribution in [0.25, 0.3) is 0 Å². The van der Waals surface area contributed by atoms with Crippen molar-refractivity contribution in [2.75, 3.05) is 25.2 Å². The third-order valence-electron chi connectivity index (χ3n) is 1.98. The predicted octanol–water partition coefficient (Wildman–Crippen LogP) is 0.387. The Bertz CT molecular complexity index is 528. The first-order chi connectivity index (χ1) is 7.84. The molecule has 5 nitrogen and oxygen atoms in total.